The molecule has 0 spiro atoms. The fourth-order valence-corrected chi connectivity index (χ4v) is 5.04. The van der Waals surface area contributed by atoms with Crippen molar-refractivity contribution in [3.05, 3.63) is 70.7 Å². The van der Waals surface area contributed by atoms with E-state index in [2.05, 4.69) is 16.8 Å². The number of ether oxygens (including phenoxy) is 1. The van der Waals surface area contributed by atoms with Crippen LogP contribution in [0.5, 0.6) is 5.75 Å². The number of nitrogens with zero attached hydrogens (tertiary/aromatic N) is 2. The number of piperidine rings is 1. The minimum atomic E-state index is -1.29. The molecule has 0 radical (unpaired) electrons. The topological polar surface area (TPSA) is 71.6 Å². The van der Waals surface area contributed by atoms with Gasteiger partial charge in [-0.2, -0.15) is 0 Å². The lowest BCUT2D eigenvalue weighted by Crippen LogP contribution is -2.42. The number of hydrogen-bond acceptors (Lipinski definition) is 5. The molecule has 0 aliphatic carbocycles. The maximum atomic E-state index is 15.8. The first-order valence-corrected chi connectivity index (χ1v) is 12.6. The van der Waals surface area contributed by atoms with Crippen LogP contribution in [0, 0.1) is 34.7 Å². The van der Waals surface area contributed by atoms with Gasteiger partial charge in [-0.25, -0.2) is 17.6 Å². The quantitative estimate of drug-likeness (QED) is 0.243. The molecule has 9 heteroatoms. The first-order valence-electron chi connectivity index (χ1n) is 12.6. The van der Waals surface area contributed by atoms with Crippen LogP contribution >= 0.6 is 0 Å². The van der Waals surface area contributed by atoms with Gasteiger partial charge >= 0.3 is 0 Å². The molecule has 1 aromatic heterocycles. The van der Waals surface area contributed by atoms with Crippen molar-refractivity contribution >= 4 is 10.9 Å². The summed E-state index contributed by atoms with van der Waals surface area (Å²) in [6.07, 6.45) is 2.29. The van der Waals surface area contributed by atoms with Crippen molar-refractivity contribution in [3.63, 3.8) is 0 Å². The zero-order valence-electron chi connectivity index (χ0n) is 21.2. The minimum Gasteiger partial charge on any atom is -0.497 e. The van der Waals surface area contributed by atoms with Crippen molar-refractivity contribution in [3.8, 4) is 17.6 Å². The molecule has 3 aromatic rings. The number of aromatic nitrogens is 1. The fraction of sp³-hybridized carbons (Fsp3) is 0.414. The molecule has 38 heavy (non-hydrogen) atoms. The second-order valence-electron chi connectivity index (χ2n) is 9.78. The number of aliphatic hydroxyl groups excluding tert-OH is 1. The highest BCUT2D eigenvalue weighted by molar-refractivity contribution is 5.85. The highest BCUT2D eigenvalue weighted by Crippen LogP contribution is 2.41. The third kappa shape index (κ3) is 6.09. The summed E-state index contributed by atoms with van der Waals surface area (Å²) < 4.78 is 61.6. The Hall–Kier alpha value is -3.19. The molecule has 0 saturated carbocycles. The van der Waals surface area contributed by atoms with E-state index in [1.165, 1.54) is 0 Å². The normalized spacial score (nSPS) is 16.2. The number of hydrogen-bond donors (Lipinski definition) is 2. The van der Waals surface area contributed by atoms with Crippen molar-refractivity contribution in [2.75, 3.05) is 33.4 Å². The van der Waals surface area contributed by atoms with E-state index < -0.39 is 29.0 Å². The number of alkyl halides is 1. The summed E-state index contributed by atoms with van der Waals surface area (Å²) in [5.41, 5.74) is 6.96. The van der Waals surface area contributed by atoms with E-state index in [0.29, 0.717) is 66.2 Å². The van der Waals surface area contributed by atoms with Crippen LogP contribution in [-0.4, -0.2) is 48.3 Å². The van der Waals surface area contributed by atoms with Crippen LogP contribution in [0.25, 0.3) is 10.9 Å². The molecule has 1 aliphatic heterocycles. The zero-order valence-corrected chi connectivity index (χ0v) is 21.2. The summed E-state index contributed by atoms with van der Waals surface area (Å²) in [5.74, 6) is 2.55. The molecule has 1 saturated heterocycles. The van der Waals surface area contributed by atoms with Crippen molar-refractivity contribution in [2.24, 2.45) is 11.1 Å². The minimum absolute atomic E-state index is 0.0678. The van der Waals surface area contributed by atoms with Crippen LogP contribution in [0.1, 0.15) is 48.5 Å². The Morgan fingerprint density at radius 3 is 2.63 bits per heavy atom. The van der Waals surface area contributed by atoms with Crippen molar-refractivity contribution in [1.82, 2.24) is 9.88 Å². The van der Waals surface area contributed by atoms with Gasteiger partial charge in [0.2, 0.25) is 0 Å². The molecule has 2 heterocycles. The van der Waals surface area contributed by atoms with Crippen molar-refractivity contribution in [2.45, 2.75) is 38.4 Å². The maximum Gasteiger partial charge on any atom is 0.174 e. The summed E-state index contributed by atoms with van der Waals surface area (Å²) in [6.45, 7) is 1.59. The Morgan fingerprint density at radius 2 is 1.95 bits per heavy atom. The first-order chi connectivity index (χ1) is 18.3. The van der Waals surface area contributed by atoms with Crippen LogP contribution in [0.3, 0.4) is 0 Å². The van der Waals surface area contributed by atoms with Gasteiger partial charge in [0.1, 0.15) is 17.7 Å². The Bertz CT molecular complexity index is 1340. The van der Waals surface area contributed by atoms with Gasteiger partial charge < -0.3 is 15.6 Å². The second-order valence-corrected chi connectivity index (χ2v) is 9.78. The number of fused-ring (bicyclic) bond motifs is 1. The summed E-state index contributed by atoms with van der Waals surface area (Å²) in [6, 6.07) is 6.68. The number of likely N-dealkylation sites (tertiary alicyclic amines) is 1. The van der Waals surface area contributed by atoms with Gasteiger partial charge in [0.05, 0.1) is 24.7 Å². The summed E-state index contributed by atoms with van der Waals surface area (Å²) in [5, 5.41) is 10.9. The second kappa shape index (κ2) is 12.1. The molecular weight excluding hydrogens is 498 g/mol. The van der Waals surface area contributed by atoms with Crippen molar-refractivity contribution in [1.29, 1.82) is 0 Å². The maximum absolute atomic E-state index is 15.8. The van der Waals surface area contributed by atoms with Gasteiger partial charge in [-0.3, -0.25) is 9.88 Å². The molecule has 5 nitrogen and oxygen atoms in total. The van der Waals surface area contributed by atoms with E-state index in [9.17, 15) is 18.3 Å². The number of methoxy groups -OCH3 is 1. The molecule has 2 aromatic carbocycles. The Labute approximate surface area is 219 Å². The predicted octanol–water partition coefficient (Wildman–Crippen LogP) is 5.04. The predicted molar refractivity (Wildman–Crippen MR) is 138 cm³/mol. The Kier molecular flexibility index (Phi) is 8.87. The van der Waals surface area contributed by atoms with Crippen molar-refractivity contribution < 1.29 is 27.4 Å². The first kappa shape index (κ1) is 27.8. The lowest BCUT2D eigenvalue weighted by molar-refractivity contribution is 0.0344. The lowest BCUT2D eigenvalue weighted by atomic mass is 9.74. The van der Waals surface area contributed by atoms with Gasteiger partial charge in [-0.15, -0.1) is 0 Å². The molecular formula is C29H31F4N3O2. The van der Waals surface area contributed by atoms with Crippen LogP contribution in [0.15, 0.2) is 36.5 Å². The number of benzene rings is 2. The van der Waals surface area contributed by atoms with E-state index in [-0.39, 0.29) is 31.7 Å². The van der Waals surface area contributed by atoms with Crippen LogP contribution in [0.2, 0.25) is 0 Å². The summed E-state index contributed by atoms with van der Waals surface area (Å²) in [4.78, 5) is 6.42. The van der Waals surface area contributed by atoms with Gasteiger partial charge in [-0.05, 0) is 74.0 Å². The number of pyridine rings is 1. The standard InChI is InChI=1S/C29H31F4N3O2/c1-38-22-4-5-26-23(15-22)27(20(16-34)17-35-26)24(31)6-7-29(18-37)8-11-36(12-9-29)10-2-3-19-13-21(30)14-25(32)28(19)33/h4-5,13-15,17,24,37H,6-12,16,18,34H2,1H3/t24-/m1/s1. The summed E-state index contributed by atoms with van der Waals surface area (Å²) >= 11 is 0. The van der Waals surface area contributed by atoms with E-state index in [1.54, 1.807) is 31.5 Å². The van der Waals surface area contributed by atoms with Gasteiger partial charge in [-0.1, -0.05) is 11.8 Å². The molecule has 0 amide bonds. The molecule has 1 atom stereocenters. The Morgan fingerprint density at radius 1 is 1.18 bits per heavy atom. The molecule has 0 unspecified atom stereocenters. The molecule has 3 N–H and O–H groups in total. The zero-order chi connectivity index (χ0) is 27.3. The smallest absolute Gasteiger partial charge is 0.174 e. The SMILES string of the molecule is COc1ccc2ncc(CN)c([C@H](F)CCC3(CO)CCN(CC#Cc4cc(F)cc(F)c4F)CC3)c2c1. The number of aliphatic hydroxyl groups is 1. The highest BCUT2D eigenvalue weighted by Gasteiger charge is 2.35. The molecule has 1 fully saturated rings. The molecule has 202 valence electrons. The largest absolute Gasteiger partial charge is 0.497 e. The fourth-order valence-electron chi connectivity index (χ4n) is 5.04. The van der Waals surface area contributed by atoms with Gasteiger partial charge in [0, 0.05) is 36.4 Å². The molecule has 0 bridgehead atoms. The highest BCUT2D eigenvalue weighted by atomic mass is 19.2. The molecule has 1 aliphatic rings. The number of halogens is 4. The van der Waals surface area contributed by atoms with E-state index in [1.807, 2.05) is 4.90 Å². The van der Waals surface area contributed by atoms with Crippen LogP contribution in [-0.2, 0) is 6.54 Å². The lowest BCUT2D eigenvalue weighted by Gasteiger charge is -2.40. The third-order valence-corrected chi connectivity index (χ3v) is 7.43. The third-order valence-electron chi connectivity index (χ3n) is 7.43. The monoisotopic (exact) mass is 529 g/mol. The van der Waals surface area contributed by atoms with E-state index in [0.717, 1.165) is 6.07 Å². The van der Waals surface area contributed by atoms with Crippen LogP contribution < -0.4 is 10.5 Å². The number of nitrogens with two attached hydrogens (primary N) is 1. The Balaban J connectivity index is 1.40. The van der Waals surface area contributed by atoms with Gasteiger partial charge in [0.15, 0.2) is 11.6 Å². The van der Waals surface area contributed by atoms with Crippen LogP contribution in [0.4, 0.5) is 17.6 Å². The average Bonchev–Trinajstić information content (AvgIpc) is 2.94. The number of rotatable bonds is 8. The summed E-state index contributed by atoms with van der Waals surface area (Å²) in [7, 11) is 1.55. The van der Waals surface area contributed by atoms with E-state index >= 15 is 4.39 Å². The molecule has 4 rings (SSSR count). The average molecular weight is 530 g/mol. The van der Waals surface area contributed by atoms with Gasteiger partial charge in [0.25, 0.3) is 0 Å². The van der Waals surface area contributed by atoms with E-state index in [4.69, 9.17) is 10.5 Å².